The number of hydrogen-bond acceptors (Lipinski definition) is 1. The zero-order valence-corrected chi connectivity index (χ0v) is 4.30. The maximum absolute atomic E-state index is 8.47. The molecule has 1 radical (unpaired) electrons. The lowest BCUT2D eigenvalue weighted by Crippen LogP contribution is -2.17. The average Bonchev–Trinajstić information content (AvgIpc) is 2.14. The Morgan fingerprint density at radius 2 is 2.57 bits per heavy atom. The number of aliphatic hydroxyl groups excluding tert-OH is 1. The van der Waals surface area contributed by atoms with E-state index in [-0.39, 0.29) is 12.6 Å². The summed E-state index contributed by atoms with van der Waals surface area (Å²) in [6.07, 6.45) is 2.27. The summed E-state index contributed by atoms with van der Waals surface area (Å²) in [6.45, 7) is 1.21. The fourth-order valence-corrected chi connectivity index (χ4v) is 0.841. The lowest BCUT2D eigenvalue weighted by atomic mass is 10.2. The van der Waals surface area contributed by atoms with Crippen molar-refractivity contribution in [2.45, 2.75) is 18.9 Å². The quantitative estimate of drug-likeness (QED) is 0.484. The molecular weight excluding hydrogens is 90.1 g/mol. The van der Waals surface area contributed by atoms with Crippen LogP contribution in [0, 0.1) is 0 Å². The average molecular weight is 100 g/mol. The molecule has 1 heterocycles. The van der Waals surface area contributed by atoms with E-state index < -0.39 is 0 Å². The highest BCUT2D eigenvalue weighted by Gasteiger charge is 2.12. The number of aliphatic hydroxyl groups is 1. The molecule has 2 heteroatoms. The maximum Gasteiger partial charge on any atom is 0.0600 e. The van der Waals surface area contributed by atoms with Gasteiger partial charge in [0, 0.05) is 12.6 Å². The lowest BCUT2D eigenvalue weighted by Gasteiger charge is -1.99. The highest BCUT2D eigenvalue weighted by molar-refractivity contribution is 4.71. The third kappa shape index (κ3) is 1.14. The maximum atomic E-state index is 8.47. The summed E-state index contributed by atoms with van der Waals surface area (Å²) in [5.74, 6) is 0. The Hall–Kier alpha value is -0.0800. The van der Waals surface area contributed by atoms with Gasteiger partial charge in [0.25, 0.3) is 0 Å². The summed E-state index contributed by atoms with van der Waals surface area (Å²) >= 11 is 0. The van der Waals surface area contributed by atoms with Crippen LogP contribution in [0.5, 0.6) is 0 Å². The van der Waals surface area contributed by atoms with E-state index in [9.17, 15) is 0 Å². The first-order valence-corrected chi connectivity index (χ1v) is 2.71. The molecule has 0 unspecified atom stereocenters. The third-order valence-electron chi connectivity index (χ3n) is 1.29. The molecular formula is C5H10NO. The van der Waals surface area contributed by atoms with Crippen LogP contribution in [0.4, 0.5) is 0 Å². The van der Waals surface area contributed by atoms with E-state index >= 15 is 0 Å². The minimum atomic E-state index is 0.250. The summed E-state index contributed by atoms with van der Waals surface area (Å²) in [7, 11) is 0. The Labute approximate surface area is 43.5 Å². The second-order valence-corrected chi connectivity index (χ2v) is 1.88. The molecule has 1 fully saturated rings. The van der Waals surface area contributed by atoms with Crippen molar-refractivity contribution in [1.82, 2.24) is 5.32 Å². The van der Waals surface area contributed by atoms with Gasteiger partial charge in [-0.15, -0.1) is 0 Å². The molecule has 0 spiro atoms. The standard InChI is InChI=1S/C5H10NO/c7-4-5-2-1-3-6-5/h5,7H,1-4H2/t5-/m1/s1. The van der Waals surface area contributed by atoms with E-state index in [0.29, 0.717) is 0 Å². The summed E-state index contributed by atoms with van der Waals surface area (Å²) in [5.41, 5.74) is 0. The van der Waals surface area contributed by atoms with Crippen LogP contribution < -0.4 is 5.32 Å². The van der Waals surface area contributed by atoms with Crippen LogP contribution >= 0.6 is 0 Å². The third-order valence-corrected chi connectivity index (χ3v) is 1.29. The van der Waals surface area contributed by atoms with Gasteiger partial charge in [-0.1, -0.05) is 0 Å². The molecule has 1 rings (SSSR count). The number of nitrogens with zero attached hydrogens (tertiary/aromatic N) is 1. The van der Waals surface area contributed by atoms with Crippen LogP contribution in [0.2, 0.25) is 0 Å². The van der Waals surface area contributed by atoms with Crippen molar-refractivity contribution in [1.29, 1.82) is 0 Å². The molecule has 1 aliphatic heterocycles. The Kier molecular flexibility index (Phi) is 1.65. The van der Waals surface area contributed by atoms with Crippen LogP contribution in [-0.2, 0) is 0 Å². The smallest absolute Gasteiger partial charge is 0.0600 e. The van der Waals surface area contributed by atoms with Gasteiger partial charge in [-0.05, 0) is 12.8 Å². The highest BCUT2D eigenvalue weighted by atomic mass is 16.3. The number of hydrogen-bond donors (Lipinski definition) is 1. The van der Waals surface area contributed by atoms with Crippen LogP contribution in [0.1, 0.15) is 12.8 Å². The van der Waals surface area contributed by atoms with Crippen molar-refractivity contribution in [2.75, 3.05) is 13.2 Å². The van der Waals surface area contributed by atoms with Crippen molar-refractivity contribution in [2.24, 2.45) is 0 Å². The first-order chi connectivity index (χ1) is 3.43. The van der Waals surface area contributed by atoms with Gasteiger partial charge in [0.2, 0.25) is 0 Å². The van der Waals surface area contributed by atoms with Crippen molar-refractivity contribution in [3.05, 3.63) is 0 Å². The summed E-state index contributed by atoms with van der Waals surface area (Å²) < 4.78 is 0. The van der Waals surface area contributed by atoms with Gasteiger partial charge >= 0.3 is 0 Å². The molecule has 41 valence electrons. The normalized spacial score (nSPS) is 31.3. The molecule has 1 aliphatic rings. The second-order valence-electron chi connectivity index (χ2n) is 1.88. The predicted octanol–water partition coefficient (Wildman–Crippen LogP) is -0.254. The Morgan fingerprint density at radius 1 is 1.71 bits per heavy atom. The van der Waals surface area contributed by atoms with E-state index in [0.717, 1.165) is 13.0 Å². The van der Waals surface area contributed by atoms with Crippen LogP contribution in [0.25, 0.3) is 0 Å². The van der Waals surface area contributed by atoms with E-state index in [4.69, 9.17) is 5.11 Å². The van der Waals surface area contributed by atoms with Gasteiger partial charge in [-0.25, -0.2) is 5.32 Å². The first kappa shape index (κ1) is 5.06. The lowest BCUT2D eigenvalue weighted by molar-refractivity contribution is 0.253. The monoisotopic (exact) mass is 100 g/mol. The topological polar surface area (TPSA) is 34.3 Å². The molecule has 0 amide bonds. The molecule has 0 bridgehead atoms. The van der Waals surface area contributed by atoms with E-state index in [1.54, 1.807) is 0 Å². The van der Waals surface area contributed by atoms with Gasteiger partial charge in [0.15, 0.2) is 0 Å². The molecule has 1 atom stereocenters. The summed E-state index contributed by atoms with van der Waals surface area (Å²) in [6, 6.07) is 0.278. The van der Waals surface area contributed by atoms with Gasteiger partial charge in [0.05, 0.1) is 6.61 Å². The van der Waals surface area contributed by atoms with Gasteiger partial charge in [0.1, 0.15) is 0 Å². The SMILES string of the molecule is OC[C@H]1CCC[N]1. The molecule has 0 aromatic rings. The second kappa shape index (κ2) is 2.28. The Morgan fingerprint density at radius 3 is 2.86 bits per heavy atom. The fraction of sp³-hybridized carbons (Fsp3) is 1.00. The van der Waals surface area contributed by atoms with Crippen LogP contribution in [0.15, 0.2) is 0 Å². The van der Waals surface area contributed by atoms with E-state index in [1.165, 1.54) is 6.42 Å². The van der Waals surface area contributed by atoms with Crippen molar-refractivity contribution in [3.8, 4) is 0 Å². The van der Waals surface area contributed by atoms with Gasteiger partial charge in [-0.2, -0.15) is 0 Å². The zero-order valence-electron chi connectivity index (χ0n) is 4.30. The fourth-order valence-electron chi connectivity index (χ4n) is 0.841. The molecule has 1 N–H and O–H groups in total. The zero-order chi connectivity index (χ0) is 5.11. The molecule has 0 aliphatic carbocycles. The van der Waals surface area contributed by atoms with Crippen molar-refractivity contribution in [3.63, 3.8) is 0 Å². The first-order valence-electron chi connectivity index (χ1n) is 2.71. The highest BCUT2D eigenvalue weighted by Crippen LogP contribution is 2.04. The Bertz CT molecular complexity index is 50.0. The summed E-state index contributed by atoms with van der Waals surface area (Å²) in [5, 5.41) is 12.6. The van der Waals surface area contributed by atoms with Crippen molar-refractivity contribution < 1.29 is 5.11 Å². The van der Waals surface area contributed by atoms with E-state index in [1.807, 2.05) is 0 Å². The largest absolute Gasteiger partial charge is 0.395 e. The number of rotatable bonds is 1. The molecule has 2 nitrogen and oxygen atoms in total. The predicted molar refractivity (Wildman–Crippen MR) is 27.1 cm³/mol. The molecule has 0 aromatic carbocycles. The summed E-state index contributed by atoms with van der Waals surface area (Å²) in [4.78, 5) is 0. The minimum absolute atomic E-state index is 0.250. The van der Waals surface area contributed by atoms with Gasteiger partial charge in [-0.3, -0.25) is 0 Å². The van der Waals surface area contributed by atoms with Crippen LogP contribution in [-0.4, -0.2) is 24.3 Å². The van der Waals surface area contributed by atoms with E-state index in [2.05, 4.69) is 5.32 Å². The molecule has 1 saturated heterocycles. The molecule has 7 heavy (non-hydrogen) atoms. The molecule has 0 aromatic heterocycles. The minimum Gasteiger partial charge on any atom is -0.395 e. The van der Waals surface area contributed by atoms with Crippen LogP contribution in [0.3, 0.4) is 0 Å². The van der Waals surface area contributed by atoms with Gasteiger partial charge < -0.3 is 5.11 Å². The van der Waals surface area contributed by atoms with Crippen molar-refractivity contribution >= 4 is 0 Å². The Balaban J connectivity index is 2.14. The molecule has 0 saturated carbocycles.